The van der Waals surface area contributed by atoms with Gasteiger partial charge in [0.25, 0.3) is 0 Å². The summed E-state index contributed by atoms with van der Waals surface area (Å²) in [5.74, 6) is -4.53. The van der Waals surface area contributed by atoms with Crippen molar-refractivity contribution in [1.29, 1.82) is 0 Å². The van der Waals surface area contributed by atoms with Crippen molar-refractivity contribution in [3.8, 4) is 0 Å². The van der Waals surface area contributed by atoms with Crippen LogP contribution in [0.2, 0.25) is 0 Å². The molecule has 6 heteroatoms. The first-order chi connectivity index (χ1) is 11.5. The highest BCUT2D eigenvalue weighted by Crippen LogP contribution is 2.51. The smallest absolute Gasteiger partial charge is 0.159 e. The Labute approximate surface area is 137 Å². The first-order valence-electron chi connectivity index (χ1n) is 6.91. The van der Waals surface area contributed by atoms with E-state index in [1.807, 2.05) is 0 Å². The molecule has 0 bridgehead atoms. The number of hydrogen-bond acceptors (Lipinski definition) is 0. The van der Waals surface area contributed by atoms with E-state index in [0.29, 0.717) is 14.7 Å². The summed E-state index contributed by atoms with van der Waals surface area (Å²) in [7, 11) is -1.50. The lowest BCUT2D eigenvalue weighted by Gasteiger charge is -2.23. The summed E-state index contributed by atoms with van der Waals surface area (Å²) < 4.78 is 66.8. The van der Waals surface area contributed by atoms with E-state index in [1.165, 1.54) is 36.4 Å². The number of rotatable bonds is 3. The van der Waals surface area contributed by atoms with Gasteiger partial charge in [-0.25, -0.2) is 22.0 Å². The van der Waals surface area contributed by atoms with Crippen molar-refractivity contribution in [3.05, 3.63) is 89.7 Å². The highest BCUT2D eigenvalue weighted by atomic mass is 32.2. The summed E-state index contributed by atoms with van der Waals surface area (Å²) in [5.41, 5.74) is 0. The van der Waals surface area contributed by atoms with E-state index >= 15 is 0 Å². The van der Waals surface area contributed by atoms with Crippen LogP contribution in [-0.2, 0) is 0 Å². The molecule has 0 fully saturated rings. The van der Waals surface area contributed by atoms with Gasteiger partial charge in [-0.2, -0.15) is 10.9 Å². The summed E-state index contributed by atoms with van der Waals surface area (Å²) in [5, 5.41) is 0. The van der Waals surface area contributed by atoms with Crippen LogP contribution in [0, 0.1) is 29.1 Å². The predicted octanol–water partition coefficient (Wildman–Crippen LogP) is 5.86. The van der Waals surface area contributed by atoms with Crippen molar-refractivity contribution in [3.63, 3.8) is 0 Å². The molecular formula is C18H11F5S. The Hall–Kier alpha value is -2.34. The zero-order valence-corrected chi connectivity index (χ0v) is 13.0. The van der Waals surface area contributed by atoms with E-state index < -0.39 is 40.0 Å². The maximum absolute atomic E-state index is 13.6. The van der Waals surface area contributed by atoms with Gasteiger partial charge in [-0.3, -0.25) is 0 Å². The Balaban J connectivity index is 2.17. The van der Waals surface area contributed by atoms with E-state index in [2.05, 4.69) is 0 Å². The van der Waals surface area contributed by atoms with Gasteiger partial charge in [0, 0.05) is 0 Å². The first kappa shape index (κ1) is 16.5. The fourth-order valence-electron chi connectivity index (χ4n) is 2.29. The lowest BCUT2D eigenvalue weighted by Crippen LogP contribution is -1.93. The number of benzene rings is 3. The normalized spacial score (nSPS) is 11.5. The molecule has 0 aliphatic rings. The van der Waals surface area contributed by atoms with Gasteiger partial charge in [-0.05, 0) is 75.4 Å². The van der Waals surface area contributed by atoms with Crippen LogP contribution in [0.15, 0.2) is 75.4 Å². The van der Waals surface area contributed by atoms with Crippen molar-refractivity contribution >= 4 is 10.9 Å². The van der Waals surface area contributed by atoms with E-state index in [-0.39, 0.29) is 0 Å². The van der Waals surface area contributed by atoms with Crippen LogP contribution in [0.4, 0.5) is 22.0 Å². The lowest BCUT2D eigenvalue weighted by molar-refractivity contribution is 0.505. The number of hydrogen-bond donors (Lipinski definition) is 1. The van der Waals surface area contributed by atoms with E-state index in [1.54, 1.807) is 0 Å². The second kappa shape index (κ2) is 6.65. The minimum Gasteiger partial charge on any atom is -0.207 e. The SMILES string of the molecule is Fc1ccc([SH](c2ccc(F)c(F)c2)c2ccc(F)c(F)c2)cc1. The zero-order valence-electron chi connectivity index (χ0n) is 12.1. The quantitative estimate of drug-likeness (QED) is 0.442. The van der Waals surface area contributed by atoms with Crippen molar-refractivity contribution in [2.24, 2.45) is 0 Å². The van der Waals surface area contributed by atoms with Crippen LogP contribution in [0.5, 0.6) is 0 Å². The van der Waals surface area contributed by atoms with Gasteiger partial charge in [-0.15, -0.1) is 0 Å². The molecule has 3 rings (SSSR count). The fraction of sp³-hybridized carbons (Fsp3) is 0. The molecule has 0 spiro atoms. The van der Waals surface area contributed by atoms with Crippen LogP contribution < -0.4 is 0 Å². The molecule has 0 nitrogen and oxygen atoms in total. The van der Waals surface area contributed by atoms with Gasteiger partial charge in [0.15, 0.2) is 23.3 Å². The molecule has 0 aliphatic heterocycles. The maximum atomic E-state index is 13.6. The van der Waals surface area contributed by atoms with Crippen LogP contribution in [0.25, 0.3) is 0 Å². The molecule has 0 N–H and O–H groups in total. The predicted molar refractivity (Wildman–Crippen MR) is 82.9 cm³/mol. The average Bonchev–Trinajstić information content (AvgIpc) is 2.56. The Bertz CT molecular complexity index is 826. The molecular weight excluding hydrogens is 343 g/mol. The molecule has 0 aromatic heterocycles. The molecule has 124 valence electrons. The van der Waals surface area contributed by atoms with Crippen molar-refractivity contribution < 1.29 is 22.0 Å². The third-order valence-corrected chi connectivity index (χ3v) is 5.81. The van der Waals surface area contributed by atoms with Gasteiger partial charge in [-0.1, -0.05) is 0 Å². The fourth-order valence-corrected chi connectivity index (χ4v) is 4.56. The second-order valence-electron chi connectivity index (χ2n) is 5.01. The van der Waals surface area contributed by atoms with Crippen LogP contribution in [0.1, 0.15) is 0 Å². The molecule has 3 aromatic rings. The van der Waals surface area contributed by atoms with E-state index in [4.69, 9.17) is 0 Å². The van der Waals surface area contributed by atoms with Gasteiger partial charge in [0.2, 0.25) is 0 Å². The molecule has 0 amide bonds. The molecule has 0 saturated heterocycles. The average molecular weight is 354 g/mol. The van der Waals surface area contributed by atoms with E-state index in [9.17, 15) is 22.0 Å². The largest absolute Gasteiger partial charge is 0.207 e. The summed E-state index contributed by atoms with van der Waals surface area (Å²) in [6.07, 6.45) is 0. The van der Waals surface area contributed by atoms with Crippen molar-refractivity contribution in [2.45, 2.75) is 14.7 Å². The number of thiol groups is 1. The topological polar surface area (TPSA) is 0 Å². The molecule has 0 atom stereocenters. The third kappa shape index (κ3) is 3.28. The first-order valence-corrected chi connectivity index (χ1v) is 8.25. The van der Waals surface area contributed by atoms with Crippen LogP contribution in [-0.4, -0.2) is 0 Å². The summed E-state index contributed by atoms with van der Waals surface area (Å²) in [6.45, 7) is 0. The Morgan fingerprint density at radius 3 is 1.29 bits per heavy atom. The van der Waals surface area contributed by atoms with Gasteiger partial charge in [0.1, 0.15) is 5.82 Å². The Kier molecular flexibility index (Phi) is 4.57. The Morgan fingerprint density at radius 2 is 0.875 bits per heavy atom. The standard InChI is InChI=1S/C18H11F5S/c19-11-1-3-12(4-2-11)24(13-5-7-15(20)17(22)9-13)14-6-8-16(21)18(23)10-14/h1-10,24H. The van der Waals surface area contributed by atoms with E-state index in [0.717, 1.165) is 24.3 Å². The zero-order chi connectivity index (χ0) is 17.3. The highest BCUT2D eigenvalue weighted by Gasteiger charge is 2.17. The van der Waals surface area contributed by atoms with Gasteiger partial charge < -0.3 is 0 Å². The molecule has 0 saturated carbocycles. The minimum absolute atomic E-state index is 0.404. The highest BCUT2D eigenvalue weighted by molar-refractivity contribution is 8.17. The lowest BCUT2D eigenvalue weighted by atomic mass is 10.3. The van der Waals surface area contributed by atoms with Crippen molar-refractivity contribution in [2.75, 3.05) is 0 Å². The second-order valence-corrected chi connectivity index (χ2v) is 7.23. The monoisotopic (exact) mass is 354 g/mol. The molecule has 0 unspecified atom stereocenters. The molecule has 0 aliphatic carbocycles. The van der Waals surface area contributed by atoms with Crippen molar-refractivity contribution in [1.82, 2.24) is 0 Å². The minimum atomic E-state index is -1.50. The van der Waals surface area contributed by atoms with Gasteiger partial charge >= 0.3 is 0 Å². The molecule has 0 radical (unpaired) electrons. The summed E-state index contributed by atoms with van der Waals surface area (Å²) in [6, 6.07) is 12.2. The molecule has 0 heterocycles. The molecule has 24 heavy (non-hydrogen) atoms. The van der Waals surface area contributed by atoms with Crippen LogP contribution >= 0.6 is 10.9 Å². The number of halogens is 5. The molecule has 3 aromatic carbocycles. The third-order valence-electron chi connectivity index (χ3n) is 3.41. The van der Waals surface area contributed by atoms with Crippen LogP contribution in [0.3, 0.4) is 0 Å². The maximum Gasteiger partial charge on any atom is 0.159 e. The Morgan fingerprint density at radius 1 is 0.458 bits per heavy atom. The summed E-state index contributed by atoms with van der Waals surface area (Å²) >= 11 is 0. The van der Waals surface area contributed by atoms with Gasteiger partial charge in [0.05, 0.1) is 0 Å². The summed E-state index contributed by atoms with van der Waals surface area (Å²) in [4.78, 5) is 1.41.